The number of anilines is 1. The second kappa shape index (κ2) is 4.84. The van der Waals surface area contributed by atoms with Crippen molar-refractivity contribution in [2.24, 2.45) is 0 Å². The first-order valence-corrected chi connectivity index (χ1v) is 6.76. The molecule has 94 valence electrons. The normalized spacial score (nSPS) is 15.3. The van der Waals surface area contributed by atoms with Crippen molar-refractivity contribution in [1.82, 2.24) is 9.55 Å². The van der Waals surface area contributed by atoms with Gasteiger partial charge in [-0.3, -0.25) is 0 Å². The fourth-order valence-corrected chi connectivity index (χ4v) is 2.71. The topological polar surface area (TPSA) is 21.1 Å². The van der Waals surface area contributed by atoms with E-state index in [9.17, 15) is 0 Å². The summed E-state index contributed by atoms with van der Waals surface area (Å²) in [5.74, 6) is 1.13. The molecule has 0 N–H and O–H groups in total. The molecule has 0 unspecified atom stereocenters. The molecule has 1 saturated heterocycles. The van der Waals surface area contributed by atoms with E-state index >= 15 is 0 Å². The molecule has 2 aromatic rings. The molecular formula is C15H19N3. The van der Waals surface area contributed by atoms with E-state index in [-0.39, 0.29) is 0 Å². The molecule has 1 aliphatic heterocycles. The third-order valence-electron chi connectivity index (χ3n) is 3.62. The summed E-state index contributed by atoms with van der Waals surface area (Å²) in [6.45, 7) is 4.50. The van der Waals surface area contributed by atoms with E-state index in [0.29, 0.717) is 0 Å². The van der Waals surface area contributed by atoms with Crippen molar-refractivity contribution in [2.75, 3.05) is 18.0 Å². The maximum Gasteiger partial charge on any atom is 0.112 e. The standard InChI is InChI=1S/C15H19N3/c1-2-15-16-9-12-18(15)14-8-4-3-7-13(14)17-10-5-6-11-17/h3-4,7-9,12H,2,5-6,10-11H2,1H3. The van der Waals surface area contributed by atoms with E-state index in [2.05, 4.69) is 51.8 Å². The van der Waals surface area contributed by atoms with Crippen LogP contribution in [0.3, 0.4) is 0 Å². The first kappa shape index (κ1) is 11.3. The fourth-order valence-electron chi connectivity index (χ4n) is 2.71. The number of nitrogens with zero attached hydrogens (tertiary/aromatic N) is 3. The number of aryl methyl sites for hydroxylation is 1. The zero-order valence-electron chi connectivity index (χ0n) is 10.8. The van der Waals surface area contributed by atoms with Crippen LogP contribution in [-0.4, -0.2) is 22.6 Å². The molecule has 18 heavy (non-hydrogen) atoms. The molecule has 1 aromatic heterocycles. The number of para-hydroxylation sites is 2. The number of aromatic nitrogens is 2. The third kappa shape index (κ3) is 1.90. The molecule has 3 heteroatoms. The first-order chi connectivity index (χ1) is 8.90. The highest BCUT2D eigenvalue weighted by atomic mass is 15.2. The van der Waals surface area contributed by atoms with Crippen LogP contribution in [0.1, 0.15) is 25.6 Å². The van der Waals surface area contributed by atoms with Gasteiger partial charge in [0, 0.05) is 31.9 Å². The molecule has 3 rings (SSSR count). The van der Waals surface area contributed by atoms with Crippen LogP contribution >= 0.6 is 0 Å². The van der Waals surface area contributed by atoms with Crippen LogP contribution in [0.5, 0.6) is 0 Å². The average molecular weight is 241 g/mol. The zero-order chi connectivity index (χ0) is 12.4. The van der Waals surface area contributed by atoms with E-state index in [4.69, 9.17) is 0 Å². The molecule has 0 bridgehead atoms. The quantitative estimate of drug-likeness (QED) is 0.823. The smallest absolute Gasteiger partial charge is 0.112 e. The maximum absolute atomic E-state index is 4.42. The van der Waals surface area contributed by atoms with Crippen molar-refractivity contribution in [3.63, 3.8) is 0 Å². The van der Waals surface area contributed by atoms with E-state index in [0.717, 1.165) is 12.2 Å². The summed E-state index contributed by atoms with van der Waals surface area (Å²) in [4.78, 5) is 6.90. The van der Waals surface area contributed by atoms with E-state index < -0.39 is 0 Å². The van der Waals surface area contributed by atoms with Crippen LogP contribution in [0, 0.1) is 0 Å². The lowest BCUT2D eigenvalue weighted by Gasteiger charge is -2.22. The Balaban J connectivity index is 2.06. The molecule has 1 fully saturated rings. The van der Waals surface area contributed by atoms with Gasteiger partial charge in [-0.15, -0.1) is 0 Å². The number of benzene rings is 1. The Morgan fingerprint density at radius 3 is 2.56 bits per heavy atom. The summed E-state index contributed by atoms with van der Waals surface area (Å²) in [5.41, 5.74) is 2.59. The number of imidazole rings is 1. The van der Waals surface area contributed by atoms with Crippen molar-refractivity contribution < 1.29 is 0 Å². The van der Waals surface area contributed by atoms with Gasteiger partial charge in [0.1, 0.15) is 5.82 Å². The SMILES string of the molecule is CCc1nccn1-c1ccccc1N1CCCC1. The van der Waals surface area contributed by atoms with Gasteiger partial charge in [0.15, 0.2) is 0 Å². The molecule has 0 spiro atoms. The summed E-state index contributed by atoms with van der Waals surface area (Å²) in [5, 5.41) is 0. The van der Waals surface area contributed by atoms with Crippen molar-refractivity contribution in [3.8, 4) is 5.69 Å². The lowest BCUT2D eigenvalue weighted by molar-refractivity contribution is 0.876. The average Bonchev–Trinajstić information content (AvgIpc) is 3.09. The minimum absolute atomic E-state index is 0.960. The highest BCUT2D eigenvalue weighted by Gasteiger charge is 2.16. The van der Waals surface area contributed by atoms with Gasteiger partial charge in [0.2, 0.25) is 0 Å². The third-order valence-corrected chi connectivity index (χ3v) is 3.62. The Bertz CT molecular complexity index is 524. The molecule has 1 aliphatic rings. The summed E-state index contributed by atoms with van der Waals surface area (Å²) in [6, 6.07) is 8.64. The van der Waals surface area contributed by atoms with E-state index in [1.54, 1.807) is 0 Å². The number of rotatable bonds is 3. The van der Waals surface area contributed by atoms with Crippen molar-refractivity contribution >= 4 is 5.69 Å². The van der Waals surface area contributed by atoms with Crippen molar-refractivity contribution in [2.45, 2.75) is 26.2 Å². The van der Waals surface area contributed by atoms with Gasteiger partial charge >= 0.3 is 0 Å². The summed E-state index contributed by atoms with van der Waals surface area (Å²) in [7, 11) is 0. The largest absolute Gasteiger partial charge is 0.370 e. The molecule has 0 saturated carbocycles. The molecule has 1 aromatic carbocycles. The molecule has 0 amide bonds. The molecular weight excluding hydrogens is 222 g/mol. The highest BCUT2D eigenvalue weighted by molar-refractivity contribution is 5.63. The number of hydrogen-bond donors (Lipinski definition) is 0. The Hall–Kier alpha value is -1.77. The zero-order valence-corrected chi connectivity index (χ0v) is 10.8. The first-order valence-electron chi connectivity index (χ1n) is 6.76. The van der Waals surface area contributed by atoms with Crippen molar-refractivity contribution in [3.05, 3.63) is 42.5 Å². The molecule has 0 radical (unpaired) electrons. The monoisotopic (exact) mass is 241 g/mol. The van der Waals surface area contributed by atoms with E-state index in [1.165, 1.54) is 37.3 Å². The van der Waals surface area contributed by atoms with Gasteiger partial charge in [0.25, 0.3) is 0 Å². The summed E-state index contributed by atoms with van der Waals surface area (Å²) >= 11 is 0. The van der Waals surface area contributed by atoms with Crippen LogP contribution in [0.4, 0.5) is 5.69 Å². The fraction of sp³-hybridized carbons (Fsp3) is 0.400. The Kier molecular flexibility index (Phi) is 3.05. The summed E-state index contributed by atoms with van der Waals surface area (Å²) < 4.78 is 2.22. The van der Waals surface area contributed by atoms with Crippen LogP contribution < -0.4 is 4.90 Å². The lowest BCUT2D eigenvalue weighted by Crippen LogP contribution is -2.19. The minimum Gasteiger partial charge on any atom is -0.370 e. The predicted molar refractivity (Wildman–Crippen MR) is 74.4 cm³/mol. The molecule has 0 atom stereocenters. The van der Waals surface area contributed by atoms with Crippen LogP contribution in [0.15, 0.2) is 36.7 Å². The van der Waals surface area contributed by atoms with Gasteiger partial charge in [0.05, 0.1) is 11.4 Å². The van der Waals surface area contributed by atoms with Crippen LogP contribution in [0.25, 0.3) is 5.69 Å². The second-order valence-electron chi connectivity index (χ2n) is 4.75. The van der Waals surface area contributed by atoms with Gasteiger partial charge < -0.3 is 9.47 Å². The van der Waals surface area contributed by atoms with Gasteiger partial charge in [-0.05, 0) is 25.0 Å². The minimum atomic E-state index is 0.960. The van der Waals surface area contributed by atoms with Gasteiger partial charge in [-0.2, -0.15) is 0 Å². The van der Waals surface area contributed by atoms with Crippen LogP contribution in [0.2, 0.25) is 0 Å². The Morgan fingerprint density at radius 1 is 1.11 bits per heavy atom. The van der Waals surface area contributed by atoms with Crippen molar-refractivity contribution in [1.29, 1.82) is 0 Å². The Labute approximate surface area is 108 Å². The van der Waals surface area contributed by atoms with Gasteiger partial charge in [-0.25, -0.2) is 4.98 Å². The number of hydrogen-bond acceptors (Lipinski definition) is 2. The Morgan fingerprint density at radius 2 is 1.83 bits per heavy atom. The van der Waals surface area contributed by atoms with Gasteiger partial charge in [-0.1, -0.05) is 19.1 Å². The second-order valence-corrected chi connectivity index (χ2v) is 4.75. The molecule has 3 nitrogen and oxygen atoms in total. The summed E-state index contributed by atoms with van der Waals surface area (Å²) in [6.07, 6.45) is 7.52. The molecule has 2 heterocycles. The lowest BCUT2D eigenvalue weighted by atomic mass is 10.2. The maximum atomic E-state index is 4.42. The molecule has 0 aliphatic carbocycles. The van der Waals surface area contributed by atoms with E-state index in [1.807, 2.05) is 6.20 Å². The van der Waals surface area contributed by atoms with Crippen LogP contribution in [-0.2, 0) is 6.42 Å². The highest BCUT2D eigenvalue weighted by Crippen LogP contribution is 2.28. The predicted octanol–water partition coefficient (Wildman–Crippen LogP) is 3.03.